The van der Waals surface area contributed by atoms with E-state index < -0.39 is 0 Å². The lowest BCUT2D eigenvalue weighted by atomic mass is 10.0. The fourth-order valence-corrected chi connectivity index (χ4v) is 5.78. The van der Waals surface area contributed by atoms with E-state index in [-0.39, 0.29) is 0 Å². The lowest BCUT2D eigenvalue weighted by molar-refractivity contribution is 1.18. The summed E-state index contributed by atoms with van der Waals surface area (Å²) in [6.07, 6.45) is 0. The van der Waals surface area contributed by atoms with Crippen molar-refractivity contribution in [3.8, 4) is 28.2 Å². The summed E-state index contributed by atoms with van der Waals surface area (Å²) >= 11 is 0. The Bertz CT molecular complexity index is 2160. The predicted molar refractivity (Wildman–Crippen MR) is 162 cm³/mol. The molecule has 0 aliphatic rings. The maximum absolute atomic E-state index is 5.08. The smallest absolute Gasteiger partial charge is 0.0973 e. The summed E-state index contributed by atoms with van der Waals surface area (Å²) in [5.41, 5.74) is 9.21. The van der Waals surface area contributed by atoms with Gasteiger partial charge in [-0.25, -0.2) is 9.97 Å². The molecule has 3 nitrogen and oxygen atoms in total. The topological polar surface area (TPSA) is 30.7 Å². The standard InChI is InChI=1S/C36H23N3/c1-2-11-25(12-3-1)35-36(38-31-16-8-7-15-30(31)37-35)26-18-21-27(22-19-26)39-32-17-9-6-14-29(32)34-28-13-5-4-10-24(28)20-23-33(34)39/h1-23H. The first kappa shape index (κ1) is 21.8. The van der Waals surface area contributed by atoms with Crippen molar-refractivity contribution in [1.82, 2.24) is 14.5 Å². The Morgan fingerprint density at radius 2 is 1.00 bits per heavy atom. The molecule has 0 fully saturated rings. The summed E-state index contributed by atoms with van der Waals surface area (Å²) in [7, 11) is 0. The van der Waals surface area contributed by atoms with Crippen molar-refractivity contribution in [3.05, 3.63) is 140 Å². The number of benzene rings is 6. The van der Waals surface area contributed by atoms with Crippen LogP contribution in [0.1, 0.15) is 0 Å². The monoisotopic (exact) mass is 497 g/mol. The van der Waals surface area contributed by atoms with Gasteiger partial charge in [0.25, 0.3) is 0 Å². The Balaban J connectivity index is 1.34. The van der Waals surface area contributed by atoms with Gasteiger partial charge in [0, 0.05) is 27.6 Å². The fourth-order valence-electron chi connectivity index (χ4n) is 5.78. The SMILES string of the molecule is c1ccc(-c2nc3ccccc3nc2-c2ccc(-n3c4ccccc4c4c5ccccc5ccc43)cc2)cc1. The average Bonchev–Trinajstić information content (AvgIpc) is 3.36. The van der Waals surface area contributed by atoms with Crippen LogP contribution >= 0.6 is 0 Å². The third kappa shape index (κ3) is 3.44. The molecule has 3 heteroatoms. The summed E-state index contributed by atoms with van der Waals surface area (Å²) in [6, 6.07) is 48.9. The van der Waals surface area contributed by atoms with Crippen molar-refractivity contribution in [2.24, 2.45) is 0 Å². The van der Waals surface area contributed by atoms with Crippen LogP contribution in [0.15, 0.2) is 140 Å². The van der Waals surface area contributed by atoms with Crippen LogP contribution in [-0.4, -0.2) is 14.5 Å². The van der Waals surface area contributed by atoms with Gasteiger partial charge < -0.3 is 4.57 Å². The molecule has 8 rings (SSSR count). The van der Waals surface area contributed by atoms with Gasteiger partial charge in [0.15, 0.2) is 0 Å². The minimum Gasteiger partial charge on any atom is -0.309 e. The van der Waals surface area contributed by atoms with Gasteiger partial charge in [-0.2, -0.15) is 0 Å². The highest BCUT2D eigenvalue weighted by atomic mass is 15.0. The van der Waals surface area contributed by atoms with Gasteiger partial charge in [-0.3, -0.25) is 0 Å². The Hall–Kier alpha value is -5.28. The van der Waals surface area contributed by atoms with Crippen molar-refractivity contribution < 1.29 is 0 Å². The molecule has 8 aromatic rings. The van der Waals surface area contributed by atoms with Crippen molar-refractivity contribution >= 4 is 43.6 Å². The van der Waals surface area contributed by atoms with E-state index in [1.807, 2.05) is 42.5 Å². The van der Waals surface area contributed by atoms with E-state index in [9.17, 15) is 0 Å². The second-order valence-electron chi connectivity index (χ2n) is 9.86. The first-order valence-electron chi connectivity index (χ1n) is 13.2. The predicted octanol–water partition coefficient (Wildman–Crippen LogP) is 9.21. The molecule has 0 saturated heterocycles. The molecule has 182 valence electrons. The zero-order valence-electron chi connectivity index (χ0n) is 21.1. The number of hydrogen-bond donors (Lipinski definition) is 0. The fraction of sp³-hybridized carbons (Fsp3) is 0. The number of para-hydroxylation sites is 3. The number of hydrogen-bond acceptors (Lipinski definition) is 2. The maximum Gasteiger partial charge on any atom is 0.0973 e. The summed E-state index contributed by atoms with van der Waals surface area (Å²) in [6.45, 7) is 0. The van der Waals surface area contributed by atoms with E-state index in [1.165, 1.54) is 32.6 Å². The largest absolute Gasteiger partial charge is 0.309 e. The maximum atomic E-state index is 5.08. The van der Waals surface area contributed by atoms with Crippen LogP contribution in [0, 0.1) is 0 Å². The highest BCUT2D eigenvalue weighted by Gasteiger charge is 2.16. The van der Waals surface area contributed by atoms with Crippen molar-refractivity contribution in [2.75, 3.05) is 0 Å². The molecule has 2 aromatic heterocycles. The van der Waals surface area contributed by atoms with Gasteiger partial charge in [0.1, 0.15) is 0 Å². The Labute approximate surface area is 225 Å². The van der Waals surface area contributed by atoms with Crippen LogP contribution < -0.4 is 0 Å². The molecule has 6 aromatic carbocycles. The van der Waals surface area contributed by atoms with Crippen molar-refractivity contribution in [1.29, 1.82) is 0 Å². The van der Waals surface area contributed by atoms with E-state index in [0.717, 1.165) is 39.2 Å². The van der Waals surface area contributed by atoms with Gasteiger partial charge in [-0.1, -0.05) is 103 Å². The highest BCUT2D eigenvalue weighted by molar-refractivity contribution is 6.21. The second-order valence-corrected chi connectivity index (χ2v) is 9.86. The summed E-state index contributed by atoms with van der Waals surface area (Å²) in [5.74, 6) is 0. The molecular weight excluding hydrogens is 474 g/mol. The first-order chi connectivity index (χ1) is 19.3. The van der Waals surface area contributed by atoms with E-state index in [2.05, 4.69) is 102 Å². The van der Waals surface area contributed by atoms with Crippen LogP contribution in [0.2, 0.25) is 0 Å². The Kier molecular flexibility index (Phi) is 4.82. The molecule has 0 bridgehead atoms. The molecule has 0 aliphatic carbocycles. The summed E-state index contributed by atoms with van der Waals surface area (Å²) in [4.78, 5) is 10.1. The first-order valence-corrected chi connectivity index (χ1v) is 13.2. The third-order valence-electron chi connectivity index (χ3n) is 7.58. The molecule has 0 saturated carbocycles. The highest BCUT2D eigenvalue weighted by Crippen LogP contribution is 2.37. The molecule has 2 heterocycles. The van der Waals surface area contributed by atoms with E-state index in [1.54, 1.807) is 0 Å². The molecular formula is C36H23N3. The second kappa shape index (κ2) is 8.64. The van der Waals surface area contributed by atoms with Crippen LogP contribution in [0.5, 0.6) is 0 Å². The lowest BCUT2D eigenvalue weighted by Gasteiger charge is -2.12. The molecule has 0 spiro atoms. The minimum absolute atomic E-state index is 0.889. The van der Waals surface area contributed by atoms with Crippen LogP contribution in [0.4, 0.5) is 0 Å². The average molecular weight is 498 g/mol. The Morgan fingerprint density at radius 3 is 1.74 bits per heavy atom. The number of fused-ring (bicyclic) bond motifs is 6. The van der Waals surface area contributed by atoms with Gasteiger partial charge in [-0.15, -0.1) is 0 Å². The Morgan fingerprint density at radius 1 is 0.410 bits per heavy atom. The summed E-state index contributed by atoms with van der Waals surface area (Å²) in [5, 5.41) is 5.09. The zero-order valence-corrected chi connectivity index (χ0v) is 21.1. The molecule has 0 amide bonds. The van der Waals surface area contributed by atoms with Crippen molar-refractivity contribution in [2.45, 2.75) is 0 Å². The number of nitrogens with zero attached hydrogens (tertiary/aromatic N) is 3. The number of aromatic nitrogens is 3. The van der Waals surface area contributed by atoms with Gasteiger partial charge in [0.05, 0.1) is 33.5 Å². The molecule has 0 aliphatic heterocycles. The molecule has 0 unspecified atom stereocenters. The van der Waals surface area contributed by atoms with Gasteiger partial charge >= 0.3 is 0 Å². The van der Waals surface area contributed by atoms with Gasteiger partial charge in [-0.05, 0) is 47.2 Å². The number of rotatable bonds is 3. The summed E-state index contributed by atoms with van der Waals surface area (Å²) < 4.78 is 2.37. The van der Waals surface area contributed by atoms with Crippen LogP contribution in [0.3, 0.4) is 0 Å². The molecule has 0 N–H and O–H groups in total. The van der Waals surface area contributed by atoms with Crippen molar-refractivity contribution in [3.63, 3.8) is 0 Å². The molecule has 39 heavy (non-hydrogen) atoms. The lowest BCUT2D eigenvalue weighted by Crippen LogP contribution is -1.97. The van der Waals surface area contributed by atoms with E-state index in [0.29, 0.717) is 0 Å². The molecule has 0 radical (unpaired) electrons. The van der Waals surface area contributed by atoms with E-state index in [4.69, 9.17) is 9.97 Å². The quantitative estimate of drug-likeness (QED) is 0.244. The normalized spacial score (nSPS) is 11.6. The zero-order chi connectivity index (χ0) is 25.8. The van der Waals surface area contributed by atoms with Gasteiger partial charge in [0.2, 0.25) is 0 Å². The van der Waals surface area contributed by atoms with Crippen LogP contribution in [0.25, 0.3) is 71.8 Å². The third-order valence-corrected chi connectivity index (χ3v) is 7.58. The molecule has 0 atom stereocenters. The van der Waals surface area contributed by atoms with E-state index >= 15 is 0 Å². The van der Waals surface area contributed by atoms with Crippen LogP contribution in [-0.2, 0) is 0 Å². The minimum atomic E-state index is 0.889.